The van der Waals surface area contributed by atoms with Crippen molar-refractivity contribution in [2.75, 3.05) is 23.7 Å². The monoisotopic (exact) mass is 254 g/mol. The summed E-state index contributed by atoms with van der Waals surface area (Å²) in [5.74, 6) is 0.805. The summed E-state index contributed by atoms with van der Waals surface area (Å²) in [4.78, 5) is 2.41. The Hall–Kier alpha value is -0.700. The largest absolute Gasteiger partial charge is 0.399 e. The Morgan fingerprint density at radius 1 is 1.50 bits per heavy atom. The predicted molar refractivity (Wildman–Crippen MR) is 64.5 cm³/mol. The number of anilines is 2. The van der Waals surface area contributed by atoms with Crippen molar-refractivity contribution < 1.29 is 0 Å². The van der Waals surface area contributed by atoms with E-state index in [4.69, 9.17) is 5.73 Å². The van der Waals surface area contributed by atoms with Crippen molar-refractivity contribution in [3.8, 4) is 0 Å². The molecule has 1 atom stereocenters. The molecule has 1 unspecified atom stereocenters. The van der Waals surface area contributed by atoms with Crippen molar-refractivity contribution >= 4 is 27.3 Å². The van der Waals surface area contributed by atoms with E-state index in [0.29, 0.717) is 0 Å². The Morgan fingerprint density at radius 3 is 2.86 bits per heavy atom. The molecule has 14 heavy (non-hydrogen) atoms. The summed E-state index contributed by atoms with van der Waals surface area (Å²) in [5, 5.41) is 0. The van der Waals surface area contributed by atoms with Crippen LogP contribution in [0.15, 0.2) is 22.7 Å². The van der Waals surface area contributed by atoms with E-state index in [1.807, 2.05) is 12.1 Å². The fraction of sp³-hybridized carbons (Fsp3) is 0.455. The maximum atomic E-state index is 5.70. The third-order valence-corrected chi connectivity index (χ3v) is 3.37. The van der Waals surface area contributed by atoms with E-state index in [0.717, 1.165) is 29.2 Å². The van der Waals surface area contributed by atoms with Crippen LogP contribution < -0.4 is 10.6 Å². The van der Waals surface area contributed by atoms with Gasteiger partial charge in [-0.1, -0.05) is 6.92 Å². The van der Waals surface area contributed by atoms with E-state index in [-0.39, 0.29) is 0 Å². The molecule has 3 heteroatoms. The molecule has 0 bridgehead atoms. The lowest BCUT2D eigenvalue weighted by Crippen LogP contribution is -2.19. The molecule has 0 amide bonds. The predicted octanol–water partition coefficient (Wildman–Crippen LogP) is 2.88. The Kier molecular flexibility index (Phi) is 2.68. The van der Waals surface area contributed by atoms with Crippen LogP contribution in [0, 0.1) is 5.92 Å². The lowest BCUT2D eigenvalue weighted by molar-refractivity contribution is 0.659. The maximum Gasteiger partial charge on any atom is 0.0512 e. The third kappa shape index (κ3) is 1.87. The fourth-order valence-corrected chi connectivity index (χ4v) is 2.58. The lowest BCUT2D eigenvalue weighted by Gasteiger charge is -2.19. The molecular weight excluding hydrogens is 240 g/mol. The maximum absolute atomic E-state index is 5.70. The van der Waals surface area contributed by atoms with E-state index in [9.17, 15) is 0 Å². The lowest BCUT2D eigenvalue weighted by atomic mass is 10.2. The number of rotatable bonds is 1. The molecule has 2 N–H and O–H groups in total. The van der Waals surface area contributed by atoms with E-state index in [1.54, 1.807) is 0 Å². The summed E-state index contributed by atoms with van der Waals surface area (Å²) < 4.78 is 1.10. The molecule has 76 valence electrons. The molecular formula is C11H15BrN2. The van der Waals surface area contributed by atoms with Crippen molar-refractivity contribution in [3.05, 3.63) is 22.7 Å². The number of nitrogen functional groups attached to an aromatic ring is 1. The first-order valence-corrected chi connectivity index (χ1v) is 5.76. The van der Waals surface area contributed by atoms with Crippen molar-refractivity contribution in [2.24, 2.45) is 5.92 Å². The number of hydrogen-bond acceptors (Lipinski definition) is 2. The van der Waals surface area contributed by atoms with Gasteiger partial charge in [0, 0.05) is 23.2 Å². The average Bonchev–Trinajstić information content (AvgIpc) is 2.51. The fourth-order valence-electron chi connectivity index (χ4n) is 1.93. The van der Waals surface area contributed by atoms with Gasteiger partial charge in [-0.25, -0.2) is 0 Å². The number of hydrogen-bond donors (Lipinski definition) is 1. The van der Waals surface area contributed by atoms with E-state index < -0.39 is 0 Å². The van der Waals surface area contributed by atoms with Gasteiger partial charge >= 0.3 is 0 Å². The molecule has 1 aromatic carbocycles. The molecule has 2 nitrogen and oxygen atoms in total. The van der Waals surface area contributed by atoms with Crippen LogP contribution in [0.25, 0.3) is 0 Å². The minimum atomic E-state index is 0.805. The van der Waals surface area contributed by atoms with Crippen LogP contribution in [0.4, 0.5) is 11.4 Å². The van der Waals surface area contributed by atoms with Gasteiger partial charge in [0.05, 0.1) is 5.69 Å². The van der Waals surface area contributed by atoms with Crippen LogP contribution in [0.3, 0.4) is 0 Å². The number of benzene rings is 1. The Balaban J connectivity index is 2.24. The zero-order valence-electron chi connectivity index (χ0n) is 8.33. The van der Waals surface area contributed by atoms with Gasteiger partial charge in [0.25, 0.3) is 0 Å². The first kappa shape index (κ1) is 9.84. The van der Waals surface area contributed by atoms with Crippen LogP contribution in [-0.4, -0.2) is 13.1 Å². The molecule has 1 aliphatic heterocycles. The topological polar surface area (TPSA) is 29.3 Å². The minimum absolute atomic E-state index is 0.805. The first-order valence-electron chi connectivity index (χ1n) is 4.97. The van der Waals surface area contributed by atoms with Gasteiger partial charge in [0.15, 0.2) is 0 Å². The molecule has 0 aromatic heterocycles. The molecule has 0 saturated carbocycles. The second kappa shape index (κ2) is 3.81. The Bertz CT molecular complexity index is 338. The molecule has 2 rings (SSSR count). The van der Waals surface area contributed by atoms with Crippen molar-refractivity contribution in [3.63, 3.8) is 0 Å². The van der Waals surface area contributed by atoms with Crippen LogP contribution in [0.2, 0.25) is 0 Å². The normalized spacial score (nSPS) is 21.6. The molecule has 0 spiro atoms. The zero-order chi connectivity index (χ0) is 10.1. The highest BCUT2D eigenvalue weighted by Crippen LogP contribution is 2.31. The molecule has 0 aliphatic carbocycles. The van der Waals surface area contributed by atoms with Gasteiger partial charge in [-0.15, -0.1) is 0 Å². The Labute approximate surface area is 93.2 Å². The standard InChI is InChI=1S/C11H15BrN2/c1-8-4-5-14(7-8)11-3-2-9(13)6-10(11)12/h2-3,6,8H,4-5,7,13H2,1H3. The minimum Gasteiger partial charge on any atom is -0.399 e. The van der Waals surface area contributed by atoms with Gasteiger partial charge in [-0.2, -0.15) is 0 Å². The third-order valence-electron chi connectivity index (χ3n) is 2.74. The molecule has 1 fully saturated rings. The average molecular weight is 255 g/mol. The van der Waals surface area contributed by atoms with Gasteiger partial charge in [0.2, 0.25) is 0 Å². The van der Waals surface area contributed by atoms with E-state index in [2.05, 4.69) is 33.8 Å². The first-order chi connectivity index (χ1) is 6.66. The van der Waals surface area contributed by atoms with Crippen LogP contribution in [0.5, 0.6) is 0 Å². The second-order valence-electron chi connectivity index (χ2n) is 4.05. The summed E-state index contributed by atoms with van der Waals surface area (Å²) in [6.07, 6.45) is 1.29. The quantitative estimate of drug-likeness (QED) is 0.782. The number of nitrogens with two attached hydrogens (primary N) is 1. The van der Waals surface area contributed by atoms with Gasteiger partial charge < -0.3 is 10.6 Å². The second-order valence-corrected chi connectivity index (χ2v) is 4.91. The summed E-state index contributed by atoms with van der Waals surface area (Å²) in [7, 11) is 0. The highest BCUT2D eigenvalue weighted by molar-refractivity contribution is 9.10. The summed E-state index contributed by atoms with van der Waals surface area (Å²) in [6.45, 7) is 4.61. The smallest absolute Gasteiger partial charge is 0.0512 e. The van der Waals surface area contributed by atoms with Gasteiger partial charge in [-0.05, 0) is 46.5 Å². The van der Waals surface area contributed by atoms with Crippen LogP contribution >= 0.6 is 15.9 Å². The van der Waals surface area contributed by atoms with E-state index >= 15 is 0 Å². The molecule has 1 aromatic rings. The summed E-state index contributed by atoms with van der Waals surface area (Å²) in [5.41, 5.74) is 7.78. The van der Waals surface area contributed by atoms with Crippen molar-refractivity contribution in [2.45, 2.75) is 13.3 Å². The molecule has 1 aliphatic rings. The zero-order valence-corrected chi connectivity index (χ0v) is 9.92. The van der Waals surface area contributed by atoms with Crippen molar-refractivity contribution in [1.29, 1.82) is 0 Å². The molecule has 0 radical (unpaired) electrons. The van der Waals surface area contributed by atoms with Crippen LogP contribution in [-0.2, 0) is 0 Å². The molecule has 1 heterocycles. The van der Waals surface area contributed by atoms with Crippen molar-refractivity contribution in [1.82, 2.24) is 0 Å². The van der Waals surface area contributed by atoms with Crippen LogP contribution in [0.1, 0.15) is 13.3 Å². The Morgan fingerprint density at radius 2 is 2.29 bits per heavy atom. The summed E-state index contributed by atoms with van der Waals surface area (Å²) in [6, 6.07) is 6.03. The van der Waals surface area contributed by atoms with Gasteiger partial charge in [-0.3, -0.25) is 0 Å². The highest BCUT2D eigenvalue weighted by atomic mass is 79.9. The molecule has 1 saturated heterocycles. The SMILES string of the molecule is CC1CCN(c2ccc(N)cc2Br)C1. The summed E-state index contributed by atoms with van der Waals surface area (Å²) >= 11 is 3.56. The number of nitrogens with zero attached hydrogens (tertiary/aromatic N) is 1. The highest BCUT2D eigenvalue weighted by Gasteiger charge is 2.20. The van der Waals surface area contributed by atoms with Gasteiger partial charge in [0.1, 0.15) is 0 Å². The number of halogens is 1. The van der Waals surface area contributed by atoms with E-state index in [1.165, 1.54) is 12.1 Å².